The van der Waals surface area contributed by atoms with Gasteiger partial charge in [-0.1, -0.05) is 12.1 Å². The van der Waals surface area contributed by atoms with Crippen molar-refractivity contribution in [2.45, 2.75) is 0 Å². The summed E-state index contributed by atoms with van der Waals surface area (Å²) in [5.41, 5.74) is 6.78. The molecular formula is C12H12N6O. The highest BCUT2D eigenvalue weighted by molar-refractivity contribution is 5.65. The Kier molecular flexibility index (Phi) is 3.43. The Balaban J connectivity index is 2.47. The molecule has 2 N–H and O–H groups in total. The molecule has 2 aromatic rings. The van der Waals surface area contributed by atoms with E-state index < -0.39 is 0 Å². The highest BCUT2D eigenvalue weighted by atomic mass is 16.5. The third-order valence-electron chi connectivity index (χ3n) is 2.49. The third kappa shape index (κ3) is 2.52. The van der Waals surface area contributed by atoms with Crippen LogP contribution >= 0.6 is 0 Å². The fourth-order valence-electron chi connectivity index (χ4n) is 1.57. The van der Waals surface area contributed by atoms with E-state index in [4.69, 9.17) is 15.7 Å². The molecule has 1 aromatic heterocycles. The van der Waals surface area contributed by atoms with Crippen molar-refractivity contribution >= 4 is 17.6 Å². The van der Waals surface area contributed by atoms with Gasteiger partial charge in [0.2, 0.25) is 11.9 Å². The lowest BCUT2D eigenvalue weighted by Gasteiger charge is -2.18. The fourth-order valence-corrected chi connectivity index (χ4v) is 1.57. The zero-order valence-corrected chi connectivity index (χ0v) is 10.5. The van der Waals surface area contributed by atoms with Crippen molar-refractivity contribution in [1.29, 1.82) is 5.26 Å². The first-order valence-electron chi connectivity index (χ1n) is 5.44. The van der Waals surface area contributed by atoms with Crippen LogP contribution in [0.25, 0.3) is 0 Å². The van der Waals surface area contributed by atoms with Gasteiger partial charge in [-0.05, 0) is 12.1 Å². The normalized spacial score (nSPS) is 9.74. The molecule has 0 spiro atoms. The first-order chi connectivity index (χ1) is 9.15. The summed E-state index contributed by atoms with van der Waals surface area (Å²) in [5, 5.41) is 9.09. The van der Waals surface area contributed by atoms with Crippen LogP contribution in [0.1, 0.15) is 5.56 Å². The van der Waals surface area contributed by atoms with Gasteiger partial charge in [-0.25, -0.2) is 0 Å². The summed E-state index contributed by atoms with van der Waals surface area (Å²) >= 11 is 0. The molecule has 0 aliphatic carbocycles. The predicted octanol–water partition coefficient (Wildman–Crippen LogP) is 1.10. The van der Waals surface area contributed by atoms with Crippen LogP contribution in [0.3, 0.4) is 0 Å². The summed E-state index contributed by atoms with van der Waals surface area (Å²) in [4.78, 5) is 13.6. The van der Waals surface area contributed by atoms with Gasteiger partial charge in [-0.3, -0.25) is 0 Å². The number of ether oxygens (including phenoxy) is 1. The minimum absolute atomic E-state index is 0.0585. The molecule has 7 nitrogen and oxygen atoms in total. The first kappa shape index (κ1) is 12.6. The van der Waals surface area contributed by atoms with E-state index in [1.54, 1.807) is 30.1 Å². The quantitative estimate of drug-likeness (QED) is 0.877. The lowest BCUT2D eigenvalue weighted by Crippen LogP contribution is -2.16. The molecule has 0 amide bonds. The molecular weight excluding hydrogens is 244 g/mol. The van der Waals surface area contributed by atoms with Crippen LogP contribution in [-0.2, 0) is 0 Å². The third-order valence-corrected chi connectivity index (χ3v) is 2.49. The lowest BCUT2D eigenvalue weighted by molar-refractivity contribution is 0.379. The number of nitrogens with zero attached hydrogens (tertiary/aromatic N) is 5. The van der Waals surface area contributed by atoms with Crippen molar-refractivity contribution in [3.8, 4) is 12.1 Å². The largest absolute Gasteiger partial charge is 0.467 e. The fraction of sp³-hybridized carbons (Fsp3) is 0.167. The van der Waals surface area contributed by atoms with Gasteiger partial charge in [0.1, 0.15) is 6.07 Å². The molecule has 0 aliphatic heterocycles. The molecule has 0 saturated heterocycles. The molecule has 0 unspecified atom stereocenters. The number of hydrogen-bond donors (Lipinski definition) is 1. The predicted molar refractivity (Wildman–Crippen MR) is 70.0 cm³/mol. The number of nitriles is 1. The van der Waals surface area contributed by atoms with E-state index in [0.29, 0.717) is 17.2 Å². The van der Waals surface area contributed by atoms with Gasteiger partial charge >= 0.3 is 6.01 Å². The number of nitrogens with two attached hydrogens (primary N) is 1. The summed E-state index contributed by atoms with van der Waals surface area (Å²) in [6.45, 7) is 0. The Labute approximate surface area is 110 Å². The number of hydrogen-bond acceptors (Lipinski definition) is 7. The van der Waals surface area contributed by atoms with Crippen LogP contribution in [0.2, 0.25) is 0 Å². The van der Waals surface area contributed by atoms with Gasteiger partial charge in [0.05, 0.1) is 18.4 Å². The van der Waals surface area contributed by atoms with E-state index in [1.807, 2.05) is 6.07 Å². The maximum Gasteiger partial charge on any atom is 0.322 e. The zero-order chi connectivity index (χ0) is 13.8. The number of methoxy groups -OCH3 is 1. The topological polar surface area (TPSA) is 101 Å². The van der Waals surface area contributed by atoms with Gasteiger partial charge in [0.25, 0.3) is 0 Å². The molecule has 96 valence electrons. The molecule has 0 saturated carbocycles. The molecule has 19 heavy (non-hydrogen) atoms. The molecule has 0 fully saturated rings. The van der Waals surface area contributed by atoms with Gasteiger partial charge in [-0.2, -0.15) is 20.2 Å². The molecule has 2 rings (SSSR count). The second-order valence-electron chi connectivity index (χ2n) is 3.67. The smallest absolute Gasteiger partial charge is 0.322 e. The summed E-state index contributed by atoms with van der Waals surface area (Å²) in [6, 6.07) is 9.37. The number of nitrogen functional groups attached to an aromatic ring is 1. The van der Waals surface area contributed by atoms with Crippen LogP contribution in [-0.4, -0.2) is 29.1 Å². The Bertz CT molecular complexity index is 636. The Morgan fingerprint density at radius 1 is 1.26 bits per heavy atom. The maximum absolute atomic E-state index is 9.09. The van der Waals surface area contributed by atoms with Crippen LogP contribution < -0.4 is 15.4 Å². The van der Waals surface area contributed by atoms with Crippen molar-refractivity contribution in [2.24, 2.45) is 0 Å². The molecule has 1 aromatic carbocycles. The van der Waals surface area contributed by atoms with Crippen molar-refractivity contribution in [2.75, 3.05) is 24.8 Å². The van der Waals surface area contributed by atoms with E-state index in [-0.39, 0.29) is 12.0 Å². The van der Waals surface area contributed by atoms with E-state index in [9.17, 15) is 0 Å². The Morgan fingerprint density at radius 3 is 2.68 bits per heavy atom. The average molecular weight is 256 g/mol. The minimum Gasteiger partial charge on any atom is -0.467 e. The number of anilines is 3. The first-order valence-corrected chi connectivity index (χ1v) is 5.44. The highest BCUT2D eigenvalue weighted by Gasteiger charge is 2.13. The van der Waals surface area contributed by atoms with Gasteiger partial charge in [-0.15, -0.1) is 0 Å². The average Bonchev–Trinajstić information content (AvgIpc) is 2.45. The second-order valence-corrected chi connectivity index (χ2v) is 3.67. The number of para-hydroxylation sites is 1. The van der Waals surface area contributed by atoms with Crippen molar-refractivity contribution in [3.63, 3.8) is 0 Å². The summed E-state index contributed by atoms with van der Waals surface area (Å²) in [5.74, 6) is 0.371. The van der Waals surface area contributed by atoms with Crippen molar-refractivity contribution in [3.05, 3.63) is 29.8 Å². The van der Waals surface area contributed by atoms with Crippen molar-refractivity contribution < 1.29 is 4.74 Å². The van der Waals surface area contributed by atoms with Crippen LogP contribution in [0.4, 0.5) is 17.6 Å². The molecule has 1 heterocycles. The van der Waals surface area contributed by atoms with Gasteiger partial charge < -0.3 is 15.4 Å². The molecule has 0 radical (unpaired) electrons. The Morgan fingerprint density at radius 2 is 2.00 bits per heavy atom. The zero-order valence-electron chi connectivity index (χ0n) is 10.5. The van der Waals surface area contributed by atoms with E-state index >= 15 is 0 Å². The molecule has 0 atom stereocenters. The molecule has 7 heteroatoms. The number of rotatable bonds is 3. The Hall–Kier alpha value is -2.88. The molecule has 0 bridgehead atoms. The van der Waals surface area contributed by atoms with E-state index in [0.717, 1.165) is 0 Å². The van der Waals surface area contributed by atoms with Crippen LogP contribution in [0, 0.1) is 11.3 Å². The standard InChI is InChI=1S/C12H12N6O/c1-18(9-6-4-3-5-8(9)7-13)11-15-10(14)16-12(17-11)19-2/h3-6H,1-2H3,(H2,14,15,16,17). The van der Waals surface area contributed by atoms with Gasteiger partial charge in [0.15, 0.2) is 0 Å². The lowest BCUT2D eigenvalue weighted by atomic mass is 10.2. The van der Waals surface area contributed by atoms with Gasteiger partial charge in [0, 0.05) is 7.05 Å². The number of benzene rings is 1. The second kappa shape index (κ2) is 5.18. The maximum atomic E-state index is 9.09. The van der Waals surface area contributed by atoms with E-state index in [1.165, 1.54) is 7.11 Å². The van der Waals surface area contributed by atoms with Crippen molar-refractivity contribution in [1.82, 2.24) is 15.0 Å². The summed E-state index contributed by atoms with van der Waals surface area (Å²) in [6.07, 6.45) is 0. The van der Waals surface area contributed by atoms with Crippen LogP contribution in [0.15, 0.2) is 24.3 Å². The monoisotopic (exact) mass is 256 g/mol. The molecule has 0 aliphatic rings. The minimum atomic E-state index is 0.0585. The van der Waals surface area contributed by atoms with E-state index in [2.05, 4.69) is 21.0 Å². The summed E-state index contributed by atoms with van der Waals surface area (Å²) in [7, 11) is 3.19. The number of aromatic nitrogens is 3. The van der Waals surface area contributed by atoms with Crippen LogP contribution in [0.5, 0.6) is 6.01 Å². The summed E-state index contributed by atoms with van der Waals surface area (Å²) < 4.78 is 4.94. The SMILES string of the molecule is COc1nc(N)nc(N(C)c2ccccc2C#N)n1. The highest BCUT2D eigenvalue weighted by Crippen LogP contribution is 2.24.